The van der Waals surface area contributed by atoms with Crippen molar-refractivity contribution in [2.75, 3.05) is 14.2 Å². The Kier molecular flexibility index (Phi) is 5.43. The van der Waals surface area contributed by atoms with Gasteiger partial charge in [-0.3, -0.25) is 14.8 Å². The molecule has 0 spiro atoms. The number of aromatic nitrogens is 2. The number of amides is 1. The number of nitrogens with zero attached hydrogens (tertiary/aromatic N) is 2. The first-order valence-electron chi connectivity index (χ1n) is 8.07. The Hall–Kier alpha value is -3.41. The van der Waals surface area contributed by atoms with Crippen LogP contribution in [0.1, 0.15) is 15.9 Å². The normalized spacial score (nSPS) is 10.2. The van der Waals surface area contributed by atoms with Gasteiger partial charge < -0.3 is 14.8 Å². The predicted molar refractivity (Wildman–Crippen MR) is 98.2 cm³/mol. The van der Waals surface area contributed by atoms with Gasteiger partial charge in [-0.15, -0.1) is 0 Å². The Morgan fingerprint density at radius 3 is 2.58 bits per heavy atom. The van der Waals surface area contributed by atoms with Crippen molar-refractivity contribution in [3.05, 3.63) is 72.2 Å². The zero-order valence-corrected chi connectivity index (χ0v) is 14.6. The lowest BCUT2D eigenvalue weighted by Gasteiger charge is -2.13. The monoisotopic (exact) mass is 349 g/mol. The third-order valence-electron chi connectivity index (χ3n) is 3.91. The number of ether oxygens (including phenoxy) is 2. The van der Waals surface area contributed by atoms with Gasteiger partial charge >= 0.3 is 0 Å². The van der Waals surface area contributed by atoms with Gasteiger partial charge in [0.05, 0.1) is 25.5 Å². The number of rotatable bonds is 6. The van der Waals surface area contributed by atoms with E-state index in [-0.39, 0.29) is 5.91 Å². The van der Waals surface area contributed by atoms with Gasteiger partial charge in [0.15, 0.2) is 11.5 Å². The fourth-order valence-electron chi connectivity index (χ4n) is 2.58. The standard InChI is InChI=1S/C20H19N3O3/c1-25-18-7-3-5-15(19(18)26-2)12-23-20(24)16-8-9-17(22-13-16)14-6-4-10-21-11-14/h3-11,13H,12H2,1-2H3,(H,23,24). The number of para-hydroxylation sites is 1. The fraction of sp³-hybridized carbons (Fsp3) is 0.150. The van der Waals surface area contributed by atoms with E-state index >= 15 is 0 Å². The summed E-state index contributed by atoms with van der Waals surface area (Å²) in [6.45, 7) is 0.323. The van der Waals surface area contributed by atoms with Crippen LogP contribution in [0, 0.1) is 0 Å². The summed E-state index contributed by atoms with van der Waals surface area (Å²) in [5.74, 6) is 1.03. The number of methoxy groups -OCH3 is 2. The molecule has 0 saturated heterocycles. The average molecular weight is 349 g/mol. The first-order chi connectivity index (χ1) is 12.7. The van der Waals surface area contributed by atoms with Crippen LogP contribution in [0.15, 0.2) is 61.1 Å². The van der Waals surface area contributed by atoms with E-state index in [1.807, 2.05) is 30.3 Å². The Morgan fingerprint density at radius 1 is 1.04 bits per heavy atom. The summed E-state index contributed by atoms with van der Waals surface area (Å²) >= 11 is 0. The number of nitrogens with one attached hydrogen (secondary N) is 1. The first-order valence-corrected chi connectivity index (χ1v) is 8.07. The minimum Gasteiger partial charge on any atom is -0.493 e. The maximum Gasteiger partial charge on any atom is 0.253 e. The number of carbonyl (C=O) groups excluding carboxylic acids is 1. The van der Waals surface area contributed by atoms with Gasteiger partial charge in [-0.25, -0.2) is 0 Å². The molecule has 0 unspecified atom stereocenters. The van der Waals surface area contributed by atoms with E-state index < -0.39 is 0 Å². The van der Waals surface area contributed by atoms with Gasteiger partial charge in [0.1, 0.15) is 0 Å². The molecule has 0 saturated carbocycles. The van der Waals surface area contributed by atoms with Crippen LogP contribution in [0.4, 0.5) is 0 Å². The highest BCUT2D eigenvalue weighted by Crippen LogP contribution is 2.30. The zero-order valence-electron chi connectivity index (χ0n) is 14.6. The largest absolute Gasteiger partial charge is 0.493 e. The van der Waals surface area contributed by atoms with Gasteiger partial charge in [-0.2, -0.15) is 0 Å². The number of carbonyl (C=O) groups is 1. The molecule has 3 rings (SSSR count). The maximum absolute atomic E-state index is 12.4. The summed E-state index contributed by atoms with van der Waals surface area (Å²) in [6.07, 6.45) is 5.00. The third-order valence-corrected chi connectivity index (χ3v) is 3.91. The molecule has 1 N–H and O–H groups in total. The van der Waals surface area contributed by atoms with Gasteiger partial charge in [0, 0.05) is 36.3 Å². The summed E-state index contributed by atoms with van der Waals surface area (Å²) in [4.78, 5) is 20.8. The molecule has 0 aliphatic heterocycles. The van der Waals surface area contributed by atoms with E-state index in [2.05, 4.69) is 15.3 Å². The second-order valence-corrected chi connectivity index (χ2v) is 5.51. The molecule has 0 atom stereocenters. The minimum atomic E-state index is -0.208. The van der Waals surface area contributed by atoms with Crippen molar-refractivity contribution in [2.24, 2.45) is 0 Å². The Labute approximate surface area is 151 Å². The lowest BCUT2D eigenvalue weighted by atomic mass is 10.1. The quantitative estimate of drug-likeness (QED) is 0.740. The highest BCUT2D eigenvalue weighted by molar-refractivity contribution is 5.94. The predicted octanol–water partition coefficient (Wildman–Crippen LogP) is 3.09. The van der Waals surface area contributed by atoms with Crippen molar-refractivity contribution in [1.82, 2.24) is 15.3 Å². The molecule has 0 radical (unpaired) electrons. The number of hydrogen-bond donors (Lipinski definition) is 1. The Balaban J connectivity index is 1.69. The molecule has 0 aliphatic rings. The van der Waals surface area contributed by atoms with Crippen LogP contribution < -0.4 is 14.8 Å². The summed E-state index contributed by atoms with van der Waals surface area (Å²) in [6, 6.07) is 12.9. The fourth-order valence-corrected chi connectivity index (χ4v) is 2.58. The summed E-state index contributed by atoms with van der Waals surface area (Å²) in [5.41, 5.74) is 2.99. The van der Waals surface area contributed by atoms with Crippen molar-refractivity contribution in [1.29, 1.82) is 0 Å². The van der Waals surface area contributed by atoms with Crippen LogP contribution in [0.5, 0.6) is 11.5 Å². The van der Waals surface area contributed by atoms with Crippen molar-refractivity contribution in [2.45, 2.75) is 6.54 Å². The zero-order chi connectivity index (χ0) is 18.4. The molecule has 3 aromatic rings. The molecule has 6 heteroatoms. The molecule has 2 aromatic heterocycles. The van der Waals surface area contributed by atoms with E-state index in [0.29, 0.717) is 23.6 Å². The third kappa shape index (κ3) is 3.80. The maximum atomic E-state index is 12.4. The highest BCUT2D eigenvalue weighted by Gasteiger charge is 2.12. The van der Waals surface area contributed by atoms with Gasteiger partial charge in [0.25, 0.3) is 5.91 Å². The molecule has 26 heavy (non-hydrogen) atoms. The molecule has 0 bridgehead atoms. The Morgan fingerprint density at radius 2 is 1.92 bits per heavy atom. The van der Waals surface area contributed by atoms with Crippen molar-refractivity contribution in [3.8, 4) is 22.8 Å². The minimum absolute atomic E-state index is 0.208. The van der Waals surface area contributed by atoms with Gasteiger partial charge in [0.2, 0.25) is 0 Å². The molecular weight excluding hydrogens is 330 g/mol. The number of hydrogen-bond acceptors (Lipinski definition) is 5. The van der Waals surface area contributed by atoms with Crippen LogP contribution in [0.2, 0.25) is 0 Å². The summed E-state index contributed by atoms with van der Waals surface area (Å²) in [7, 11) is 3.15. The molecular formula is C20H19N3O3. The molecule has 0 fully saturated rings. The Bertz CT molecular complexity index is 881. The second kappa shape index (κ2) is 8.11. The first kappa shape index (κ1) is 17.4. The summed E-state index contributed by atoms with van der Waals surface area (Å²) in [5, 5.41) is 2.87. The molecule has 132 valence electrons. The van der Waals surface area contributed by atoms with Crippen LogP contribution in [-0.4, -0.2) is 30.1 Å². The smallest absolute Gasteiger partial charge is 0.253 e. The summed E-state index contributed by atoms with van der Waals surface area (Å²) < 4.78 is 10.6. The second-order valence-electron chi connectivity index (χ2n) is 5.51. The van der Waals surface area contributed by atoms with E-state index in [4.69, 9.17) is 9.47 Å². The lowest BCUT2D eigenvalue weighted by molar-refractivity contribution is 0.0950. The molecule has 6 nitrogen and oxygen atoms in total. The topological polar surface area (TPSA) is 73.3 Å². The van der Waals surface area contributed by atoms with Crippen molar-refractivity contribution >= 4 is 5.91 Å². The van der Waals surface area contributed by atoms with Crippen LogP contribution in [0.25, 0.3) is 11.3 Å². The van der Waals surface area contributed by atoms with Crippen LogP contribution in [0.3, 0.4) is 0 Å². The van der Waals surface area contributed by atoms with Crippen LogP contribution >= 0.6 is 0 Å². The molecule has 0 aliphatic carbocycles. The number of benzene rings is 1. The van der Waals surface area contributed by atoms with E-state index in [0.717, 1.165) is 16.8 Å². The van der Waals surface area contributed by atoms with Crippen LogP contribution in [-0.2, 0) is 6.54 Å². The van der Waals surface area contributed by atoms with Gasteiger partial charge in [-0.05, 0) is 30.3 Å². The van der Waals surface area contributed by atoms with E-state index in [1.54, 1.807) is 44.9 Å². The van der Waals surface area contributed by atoms with E-state index in [1.165, 1.54) is 0 Å². The van der Waals surface area contributed by atoms with Crippen molar-refractivity contribution < 1.29 is 14.3 Å². The molecule has 1 amide bonds. The highest BCUT2D eigenvalue weighted by atomic mass is 16.5. The average Bonchev–Trinajstić information content (AvgIpc) is 2.72. The lowest BCUT2D eigenvalue weighted by Crippen LogP contribution is -2.23. The van der Waals surface area contributed by atoms with E-state index in [9.17, 15) is 4.79 Å². The van der Waals surface area contributed by atoms with Crippen molar-refractivity contribution in [3.63, 3.8) is 0 Å². The molecule has 1 aromatic carbocycles. The SMILES string of the molecule is COc1cccc(CNC(=O)c2ccc(-c3cccnc3)nc2)c1OC. The number of pyridine rings is 2. The van der Waals surface area contributed by atoms with Gasteiger partial charge in [-0.1, -0.05) is 12.1 Å². The molecule has 2 heterocycles.